The topological polar surface area (TPSA) is 35.2 Å². The van der Waals surface area contributed by atoms with Crippen LogP contribution >= 0.6 is 11.6 Å². The standard InChI is InChI=1S/C18H20ClNO/c1-12-9-15(19)10-16(17(20)14-7-8-14)18(12)21-11-13-5-3-2-4-6-13/h2-6,9-10,14,17H,7-8,11,20H2,1H3. The van der Waals surface area contributed by atoms with Crippen LogP contribution in [0.15, 0.2) is 42.5 Å². The lowest BCUT2D eigenvalue weighted by Gasteiger charge is -2.19. The van der Waals surface area contributed by atoms with Gasteiger partial charge < -0.3 is 10.5 Å². The van der Waals surface area contributed by atoms with Crippen molar-refractivity contribution < 1.29 is 4.74 Å². The first-order chi connectivity index (χ1) is 10.1. The molecule has 0 amide bonds. The highest BCUT2D eigenvalue weighted by molar-refractivity contribution is 6.30. The fraction of sp³-hybridized carbons (Fsp3) is 0.333. The van der Waals surface area contributed by atoms with Gasteiger partial charge in [-0.3, -0.25) is 0 Å². The summed E-state index contributed by atoms with van der Waals surface area (Å²) in [5.74, 6) is 1.46. The number of hydrogen-bond acceptors (Lipinski definition) is 2. The SMILES string of the molecule is Cc1cc(Cl)cc(C(N)C2CC2)c1OCc1ccccc1. The van der Waals surface area contributed by atoms with E-state index in [2.05, 4.69) is 12.1 Å². The van der Waals surface area contributed by atoms with Crippen molar-refractivity contribution in [3.8, 4) is 5.75 Å². The second-order valence-electron chi connectivity index (χ2n) is 5.78. The third kappa shape index (κ3) is 3.39. The van der Waals surface area contributed by atoms with Crippen LogP contribution < -0.4 is 10.5 Å². The van der Waals surface area contributed by atoms with Crippen LogP contribution in [0.1, 0.15) is 35.6 Å². The summed E-state index contributed by atoms with van der Waals surface area (Å²) in [7, 11) is 0. The van der Waals surface area contributed by atoms with E-state index in [1.54, 1.807) is 0 Å². The fourth-order valence-corrected chi connectivity index (χ4v) is 2.92. The molecule has 1 aliphatic rings. The van der Waals surface area contributed by atoms with Gasteiger partial charge in [0.15, 0.2) is 0 Å². The second-order valence-corrected chi connectivity index (χ2v) is 6.21. The molecule has 1 atom stereocenters. The summed E-state index contributed by atoms with van der Waals surface area (Å²) in [5.41, 5.74) is 9.61. The molecule has 1 saturated carbocycles. The van der Waals surface area contributed by atoms with Gasteiger partial charge in [-0.15, -0.1) is 0 Å². The Morgan fingerprint density at radius 3 is 2.62 bits per heavy atom. The lowest BCUT2D eigenvalue weighted by atomic mass is 9.99. The molecule has 110 valence electrons. The molecule has 2 N–H and O–H groups in total. The molecule has 0 radical (unpaired) electrons. The number of hydrogen-bond donors (Lipinski definition) is 1. The predicted octanol–water partition coefficient (Wildman–Crippen LogP) is 4.64. The van der Waals surface area contributed by atoms with Crippen LogP contribution in [0.4, 0.5) is 0 Å². The summed E-state index contributed by atoms with van der Waals surface area (Å²) in [5, 5.41) is 0.727. The van der Waals surface area contributed by atoms with Crippen molar-refractivity contribution in [2.24, 2.45) is 11.7 Å². The lowest BCUT2D eigenvalue weighted by molar-refractivity contribution is 0.298. The molecule has 0 saturated heterocycles. The Morgan fingerprint density at radius 2 is 1.95 bits per heavy atom. The molecule has 2 nitrogen and oxygen atoms in total. The van der Waals surface area contributed by atoms with E-state index < -0.39 is 0 Å². The third-order valence-corrected chi connectivity index (χ3v) is 4.20. The molecular weight excluding hydrogens is 282 g/mol. The maximum Gasteiger partial charge on any atom is 0.127 e. The van der Waals surface area contributed by atoms with Crippen LogP contribution in [0.25, 0.3) is 0 Å². The van der Waals surface area contributed by atoms with E-state index in [0.29, 0.717) is 12.5 Å². The van der Waals surface area contributed by atoms with E-state index >= 15 is 0 Å². The zero-order chi connectivity index (χ0) is 14.8. The number of nitrogens with two attached hydrogens (primary N) is 1. The largest absolute Gasteiger partial charge is 0.488 e. The quantitative estimate of drug-likeness (QED) is 0.873. The molecule has 1 aliphatic carbocycles. The van der Waals surface area contributed by atoms with Crippen molar-refractivity contribution in [3.05, 3.63) is 64.2 Å². The summed E-state index contributed by atoms with van der Waals surface area (Å²) >= 11 is 6.20. The van der Waals surface area contributed by atoms with Gasteiger partial charge in [-0.2, -0.15) is 0 Å². The fourth-order valence-electron chi connectivity index (χ4n) is 2.64. The summed E-state index contributed by atoms with van der Waals surface area (Å²) < 4.78 is 6.07. The van der Waals surface area contributed by atoms with Crippen molar-refractivity contribution >= 4 is 11.6 Å². The van der Waals surface area contributed by atoms with Gasteiger partial charge >= 0.3 is 0 Å². The first kappa shape index (κ1) is 14.4. The van der Waals surface area contributed by atoms with Crippen LogP contribution in [0.5, 0.6) is 5.75 Å². The Bertz CT molecular complexity index is 623. The Hall–Kier alpha value is -1.51. The minimum atomic E-state index is 0.0215. The monoisotopic (exact) mass is 301 g/mol. The Kier molecular flexibility index (Phi) is 4.18. The van der Waals surface area contributed by atoms with Gasteiger partial charge in [0.05, 0.1) is 0 Å². The Balaban J connectivity index is 1.85. The van der Waals surface area contributed by atoms with Gasteiger partial charge in [0.1, 0.15) is 12.4 Å². The normalized spacial score (nSPS) is 15.8. The van der Waals surface area contributed by atoms with Crippen LogP contribution in [0.3, 0.4) is 0 Å². The second kappa shape index (κ2) is 6.08. The first-order valence-corrected chi connectivity index (χ1v) is 7.75. The van der Waals surface area contributed by atoms with Crippen molar-refractivity contribution in [3.63, 3.8) is 0 Å². The van der Waals surface area contributed by atoms with Gasteiger partial charge in [0.2, 0.25) is 0 Å². The Labute approximate surface area is 130 Å². The van der Waals surface area contributed by atoms with Crippen molar-refractivity contribution in [1.29, 1.82) is 0 Å². The summed E-state index contributed by atoms with van der Waals surface area (Å²) in [6, 6.07) is 14.1. The molecule has 2 aromatic rings. The molecule has 0 aromatic heterocycles. The molecular formula is C18H20ClNO. The van der Waals surface area contributed by atoms with Crippen molar-refractivity contribution in [2.45, 2.75) is 32.4 Å². The predicted molar refractivity (Wildman–Crippen MR) is 86.6 cm³/mol. The zero-order valence-corrected chi connectivity index (χ0v) is 12.9. The summed E-state index contributed by atoms with van der Waals surface area (Å²) in [6.45, 7) is 2.57. The van der Waals surface area contributed by atoms with Crippen LogP contribution in [0, 0.1) is 12.8 Å². The molecule has 21 heavy (non-hydrogen) atoms. The molecule has 0 heterocycles. The van der Waals surface area contributed by atoms with Crippen molar-refractivity contribution in [2.75, 3.05) is 0 Å². The number of rotatable bonds is 5. The zero-order valence-electron chi connectivity index (χ0n) is 12.2. The number of halogens is 1. The number of ether oxygens (including phenoxy) is 1. The molecule has 3 rings (SSSR count). The lowest BCUT2D eigenvalue weighted by Crippen LogP contribution is -2.15. The smallest absolute Gasteiger partial charge is 0.127 e. The number of aryl methyl sites for hydroxylation is 1. The van der Waals surface area contributed by atoms with Gasteiger partial charge in [-0.05, 0) is 48.9 Å². The molecule has 3 heteroatoms. The van der Waals surface area contributed by atoms with E-state index in [4.69, 9.17) is 22.1 Å². The van der Waals surface area contributed by atoms with Crippen LogP contribution in [-0.2, 0) is 6.61 Å². The minimum Gasteiger partial charge on any atom is -0.488 e. The minimum absolute atomic E-state index is 0.0215. The summed E-state index contributed by atoms with van der Waals surface area (Å²) in [4.78, 5) is 0. The maximum absolute atomic E-state index is 6.37. The van der Waals surface area contributed by atoms with Crippen molar-refractivity contribution in [1.82, 2.24) is 0 Å². The summed E-state index contributed by atoms with van der Waals surface area (Å²) in [6.07, 6.45) is 2.40. The first-order valence-electron chi connectivity index (χ1n) is 7.37. The highest BCUT2D eigenvalue weighted by Crippen LogP contribution is 2.43. The molecule has 1 fully saturated rings. The average molecular weight is 302 g/mol. The van der Waals surface area contributed by atoms with E-state index in [-0.39, 0.29) is 6.04 Å². The number of benzene rings is 2. The molecule has 2 aromatic carbocycles. The highest BCUT2D eigenvalue weighted by Gasteiger charge is 2.32. The van der Waals surface area contributed by atoms with E-state index in [0.717, 1.165) is 27.5 Å². The van der Waals surface area contributed by atoms with Gasteiger partial charge in [-0.1, -0.05) is 41.9 Å². The molecule has 0 spiro atoms. The van der Waals surface area contributed by atoms with Crippen LogP contribution in [-0.4, -0.2) is 0 Å². The van der Waals surface area contributed by atoms with Crippen LogP contribution in [0.2, 0.25) is 5.02 Å². The highest BCUT2D eigenvalue weighted by atomic mass is 35.5. The van der Waals surface area contributed by atoms with Gasteiger partial charge in [0.25, 0.3) is 0 Å². The average Bonchev–Trinajstić information content (AvgIpc) is 3.30. The Morgan fingerprint density at radius 1 is 1.24 bits per heavy atom. The van der Waals surface area contributed by atoms with E-state index in [1.807, 2.05) is 37.3 Å². The van der Waals surface area contributed by atoms with E-state index in [1.165, 1.54) is 12.8 Å². The van der Waals surface area contributed by atoms with Gasteiger partial charge in [0, 0.05) is 16.6 Å². The van der Waals surface area contributed by atoms with Gasteiger partial charge in [-0.25, -0.2) is 0 Å². The maximum atomic E-state index is 6.37. The molecule has 0 aliphatic heterocycles. The molecule has 0 bridgehead atoms. The molecule has 1 unspecified atom stereocenters. The van der Waals surface area contributed by atoms with E-state index in [9.17, 15) is 0 Å². The third-order valence-electron chi connectivity index (χ3n) is 3.98.